The van der Waals surface area contributed by atoms with Gasteiger partial charge in [-0.3, -0.25) is 4.79 Å². The Morgan fingerprint density at radius 1 is 1.47 bits per heavy atom. The van der Waals surface area contributed by atoms with Crippen LogP contribution in [-0.4, -0.2) is 5.91 Å². The molecular formula is C13H15NO. The van der Waals surface area contributed by atoms with Crippen LogP contribution in [0.1, 0.15) is 30.0 Å². The number of carbonyl (C=O) groups is 1. The molecule has 0 bridgehead atoms. The standard InChI is InChI=1S/C13H15NO/c1-2-13(15)14-12-9-5-7-10-6-3-4-8-11(10)12/h2-4,6,8,12H,1,5,7,9H2,(H,14,15)/t12-/m0/s1. The Balaban J connectivity index is 2.22. The van der Waals surface area contributed by atoms with Gasteiger partial charge < -0.3 is 5.32 Å². The monoisotopic (exact) mass is 201 g/mol. The van der Waals surface area contributed by atoms with Crippen LogP contribution in [0.3, 0.4) is 0 Å². The van der Waals surface area contributed by atoms with E-state index in [-0.39, 0.29) is 11.9 Å². The number of fused-ring (bicyclic) bond motifs is 1. The number of amides is 1. The van der Waals surface area contributed by atoms with E-state index in [0.717, 1.165) is 19.3 Å². The van der Waals surface area contributed by atoms with Crippen molar-refractivity contribution in [1.82, 2.24) is 5.32 Å². The number of hydrogen-bond acceptors (Lipinski definition) is 1. The van der Waals surface area contributed by atoms with E-state index in [1.54, 1.807) is 0 Å². The zero-order chi connectivity index (χ0) is 10.7. The van der Waals surface area contributed by atoms with E-state index < -0.39 is 0 Å². The van der Waals surface area contributed by atoms with Gasteiger partial charge in [0.25, 0.3) is 0 Å². The van der Waals surface area contributed by atoms with Gasteiger partial charge in [0.15, 0.2) is 0 Å². The van der Waals surface area contributed by atoms with Crippen LogP contribution in [0.15, 0.2) is 36.9 Å². The second-order valence-electron chi connectivity index (χ2n) is 3.86. The van der Waals surface area contributed by atoms with Gasteiger partial charge in [0.2, 0.25) is 5.91 Å². The Labute approximate surface area is 90.0 Å². The summed E-state index contributed by atoms with van der Waals surface area (Å²) in [4.78, 5) is 11.3. The summed E-state index contributed by atoms with van der Waals surface area (Å²) in [5.41, 5.74) is 2.62. The fourth-order valence-electron chi connectivity index (χ4n) is 2.13. The highest BCUT2D eigenvalue weighted by Crippen LogP contribution is 2.29. The third-order valence-corrected chi connectivity index (χ3v) is 2.87. The quantitative estimate of drug-likeness (QED) is 0.731. The van der Waals surface area contributed by atoms with Crippen molar-refractivity contribution in [2.45, 2.75) is 25.3 Å². The minimum absolute atomic E-state index is 0.0864. The molecule has 0 unspecified atom stereocenters. The van der Waals surface area contributed by atoms with Crippen molar-refractivity contribution in [2.75, 3.05) is 0 Å². The molecule has 1 amide bonds. The second kappa shape index (κ2) is 4.30. The van der Waals surface area contributed by atoms with E-state index in [2.05, 4.69) is 30.1 Å². The Hall–Kier alpha value is -1.57. The molecule has 1 aliphatic carbocycles. The van der Waals surface area contributed by atoms with Crippen LogP contribution in [0.25, 0.3) is 0 Å². The van der Waals surface area contributed by atoms with Gasteiger partial charge in [0.1, 0.15) is 0 Å². The van der Waals surface area contributed by atoms with Gasteiger partial charge in [0.05, 0.1) is 6.04 Å². The summed E-state index contributed by atoms with van der Waals surface area (Å²) in [6, 6.07) is 8.48. The lowest BCUT2D eigenvalue weighted by Crippen LogP contribution is -2.29. The lowest BCUT2D eigenvalue weighted by Gasteiger charge is -2.25. The van der Waals surface area contributed by atoms with Crippen LogP contribution in [-0.2, 0) is 11.2 Å². The topological polar surface area (TPSA) is 29.1 Å². The Kier molecular flexibility index (Phi) is 2.86. The third kappa shape index (κ3) is 2.09. The maximum absolute atomic E-state index is 11.3. The Morgan fingerprint density at radius 3 is 3.07 bits per heavy atom. The summed E-state index contributed by atoms with van der Waals surface area (Å²) in [7, 11) is 0. The molecule has 1 aromatic rings. The summed E-state index contributed by atoms with van der Waals surface area (Å²) in [6.07, 6.45) is 4.61. The van der Waals surface area contributed by atoms with Crippen molar-refractivity contribution >= 4 is 5.91 Å². The summed E-state index contributed by atoms with van der Waals surface area (Å²) >= 11 is 0. The molecule has 2 nitrogen and oxygen atoms in total. The molecule has 1 atom stereocenters. The van der Waals surface area contributed by atoms with Crippen molar-refractivity contribution in [3.05, 3.63) is 48.0 Å². The average Bonchev–Trinajstić information content (AvgIpc) is 2.29. The van der Waals surface area contributed by atoms with Gasteiger partial charge in [-0.05, 0) is 36.5 Å². The van der Waals surface area contributed by atoms with Gasteiger partial charge in [-0.15, -0.1) is 0 Å². The van der Waals surface area contributed by atoms with Gasteiger partial charge in [0, 0.05) is 0 Å². The molecule has 0 fully saturated rings. The van der Waals surface area contributed by atoms with Crippen LogP contribution in [0.2, 0.25) is 0 Å². The summed E-state index contributed by atoms with van der Waals surface area (Å²) in [5, 5.41) is 2.97. The molecular weight excluding hydrogens is 186 g/mol. The second-order valence-corrected chi connectivity index (χ2v) is 3.86. The minimum Gasteiger partial charge on any atom is -0.346 e. The predicted octanol–water partition coefficient (Wildman–Crippen LogP) is 2.37. The molecule has 0 saturated heterocycles. The number of rotatable bonds is 2. The van der Waals surface area contributed by atoms with Crippen molar-refractivity contribution in [3.63, 3.8) is 0 Å². The molecule has 78 valence electrons. The smallest absolute Gasteiger partial charge is 0.243 e. The van der Waals surface area contributed by atoms with Crippen LogP contribution in [0, 0.1) is 0 Å². The highest BCUT2D eigenvalue weighted by Gasteiger charge is 2.20. The summed E-state index contributed by atoms with van der Waals surface area (Å²) in [6.45, 7) is 3.47. The highest BCUT2D eigenvalue weighted by molar-refractivity contribution is 5.87. The van der Waals surface area contributed by atoms with E-state index in [4.69, 9.17) is 0 Å². The number of nitrogens with one attached hydrogen (secondary N) is 1. The maximum Gasteiger partial charge on any atom is 0.243 e. The Morgan fingerprint density at radius 2 is 2.27 bits per heavy atom. The number of carbonyl (C=O) groups excluding carboxylic acids is 1. The first kappa shape index (κ1) is 9.97. The highest BCUT2D eigenvalue weighted by atomic mass is 16.1. The molecule has 1 N–H and O–H groups in total. The van der Waals surface area contributed by atoms with Gasteiger partial charge in [-0.1, -0.05) is 30.8 Å². The van der Waals surface area contributed by atoms with Gasteiger partial charge >= 0.3 is 0 Å². The molecule has 1 aliphatic rings. The average molecular weight is 201 g/mol. The molecule has 0 radical (unpaired) electrons. The molecule has 0 spiro atoms. The first-order valence-electron chi connectivity index (χ1n) is 5.32. The lowest BCUT2D eigenvalue weighted by atomic mass is 9.88. The molecule has 1 aromatic carbocycles. The van der Waals surface area contributed by atoms with Crippen LogP contribution < -0.4 is 5.32 Å². The molecule has 15 heavy (non-hydrogen) atoms. The fourth-order valence-corrected chi connectivity index (χ4v) is 2.13. The van der Waals surface area contributed by atoms with Crippen molar-refractivity contribution in [1.29, 1.82) is 0 Å². The molecule has 0 saturated carbocycles. The molecule has 2 heteroatoms. The molecule has 0 heterocycles. The fraction of sp³-hybridized carbons (Fsp3) is 0.308. The molecule has 2 rings (SSSR count). The van der Waals surface area contributed by atoms with E-state index in [0.29, 0.717) is 0 Å². The van der Waals surface area contributed by atoms with Gasteiger partial charge in [-0.2, -0.15) is 0 Å². The van der Waals surface area contributed by atoms with Gasteiger partial charge in [-0.25, -0.2) is 0 Å². The first-order valence-corrected chi connectivity index (χ1v) is 5.32. The summed E-state index contributed by atoms with van der Waals surface area (Å²) < 4.78 is 0. The Bertz CT molecular complexity index is 384. The van der Waals surface area contributed by atoms with Crippen LogP contribution in [0.5, 0.6) is 0 Å². The number of hydrogen-bond donors (Lipinski definition) is 1. The van der Waals surface area contributed by atoms with E-state index >= 15 is 0 Å². The van der Waals surface area contributed by atoms with Crippen molar-refractivity contribution < 1.29 is 4.79 Å². The minimum atomic E-state index is -0.0864. The maximum atomic E-state index is 11.3. The number of aryl methyl sites for hydroxylation is 1. The summed E-state index contributed by atoms with van der Waals surface area (Å²) in [5.74, 6) is -0.0864. The van der Waals surface area contributed by atoms with Crippen molar-refractivity contribution in [2.24, 2.45) is 0 Å². The lowest BCUT2D eigenvalue weighted by molar-refractivity contribution is -0.117. The zero-order valence-corrected chi connectivity index (χ0v) is 8.70. The van der Waals surface area contributed by atoms with E-state index in [9.17, 15) is 4.79 Å². The van der Waals surface area contributed by atoms with Crippen molar-refractivity contribution in [3.8, 4) is 0 Å². The molecule has 0 aliphatic heterocycles. The normalized spacial score (nSPS) is 19.1. The SMILES string of the molecule is C=CC(=O)N[C@H]1CCCc2ccccc21. The molecule has 0 aromatic heterocycles. The zero-order valence-electron chi connectivity index (χ0n) is 8.70. The van der Waals surface area contributed by atoms with E-state index in [1.807, 2.05) is 6.07 Å². The third-order valence-electron chi connectivity index (χ3n) is 2.87. The predicted molar refractivity (Wildman–Crippen MR) is 60.5 cm³/mol. The number of benzene rings is 1. The largest absolute Gasteiger partial charge is 0.346 e. The van der Waals surface area contributed by atoms with E-state index in [1.165, 1.54) is 17.2 Å². The van der Waals surface area contributed by atoms with Crippen LogP contribution in [0.4, 0.5) is 0 Å². The van der Waals surface area contributed by atoms with Crippen LogP contribution >= 0.6 is 0 Å². The first-order chi connectivity index (χ1) is 7.31.